The molecule has 4 rings (SSSR count). The van der Waals surface area contributed by atoms with Gasteiger partial charge in [-0.05, 0) is 57.3 Å². The summed E-state index contributed by atoms with van der Waals surface area (Å²) in [5.41, 5.74) is 1.08. The Kier molecular flexibility index (Phi) is 3.55. The van der Waals surface area contributed by atoms with Gasteiger partial charge in [-0.25, -0.2) is 4.98 Å². The Morgan fingerprint density at radius 2 is 2.14 bits per heavy atom. The zero-order valence-electron chi connectivity index (χ0n) is 13.1. The molecule has 22 heavy (non-hydrogen) atoms. The number of rotatable bonds is 2. The third-order valence-electron chi connectivity index (χ3n) is 5.25. The number of piperidine rings is 1. The molecule has 2 aliphatic rings. The summed E-state index contributed by atoms with van der Waals surface area (Å²) in [5.74, 6) is 2.41. The van der Waals surface area contributed by atoms with E-state index in [2.05, 4.69) is 22.1 Å². The highest BCUT2D eigenvalue weighted by atomic mass is 32.1. The normalized spacial score (nSPS) is 25.7. The Labute approximate surface area is 133 Å². The van der Waals surface area contributed by atoms with E-state index in [4.69, 9.17) is 4.98 Å². The Balaban J connectivity index is 1.58. The number of likely N-dealkylation sites (tertiary alicyclic amines) is 1. The minimum atomic E-state index is 0.0132. The van der Waals surface area contributed by atoms with Crippen LogP contribution in [0, 0.1) is 25.7 Å². The number of hydrogen-bond acceptors (Lipinski definition) is 5. The second-order valence-corrected chi connectivity index (χ2v) is 7.88. The number of aromatic nitrogens is 2. The molecule has 0 amide bonds. The highest BCUT2D eigenvalue weighted by Gasteiger charge is 2.32. The van der Waals surface area contributed by atoms with Crippen LogP contribution in [0.2, 0.25) is 0 Å². The van der Waals surface area contributed by atoms with Gasteiger partial charge >= 0.3 is 0 Å². The molecule has 118 valence electrons. The lowest BCUT2D eigenvalue weighted by atomic mass is 9.89. The molecule has 0 aromatic carbocycles. The number of nitrogens with one attached hydrogen (secondary N) is 2. The summed E-state index contributed by atoms with van der Waals surface area (Å²) in [6.07, 6.45) is 1.25. The molecule has 2 atom stereocenters. The minimum absolute atomic E-state index is 0.0132. The second-order valence-electron chi connectivity index (χ2n) is 6.68. The van der Waals surface area contributed by atoms with E-state index in [1.54, 1.807) is 11.3 Å². The number of thiophene rings is 1. The quantitative estimate of drug-likeness (QED) is 0.884. The summed E-state index contributed by atoms with van der Waals surface area (Å²) in [7, 11) is 0. The van der Waals surface area contributed by atoms with E-state index in [0.717, 1.165) is 59.6 Å². The number of H-pyrrole nitrogens is 1. The third kappa shape index (κ3) is 2.39. The van der Waals surface area contributed by atoms with Gasteiger partial charge in [0.1, 0.15) is 10.7 Å². The molecular formula is C16H22N4OS. The average molecular weight is 318 g/mol. The van der Waals surface area contributed by atoms with Crippen molar-refractivity contribution in [2.75, 3.05) is 26.2 Å². The van der Waals surface area contributed by atoms with Crippen molar-refractivity contribution in [1.82, 2.24) is 20.2 Å². The van der Waals surface area contributed by atoms with Crippen LogP contribution in [0.1, 0.15) is 22.7 Å². The first-order valence-electron chi connectivity index (χ1n) is 8.04. The van der Waals surface area contributed by atoms with Crippen LogP contribution in [0.15, 0.2) is 4.79 Å². The van der Waals surface area contributed by atoms with Crippen LogP contribution in [0.3, 0.4) is 0 Å². The van der Waals surface area contributed by atoms with E-state index in [-0.39, 0.29) is 5.56 Å². The lowest BCUT2D eigenvalue weighted by Gasteiger charge is -2.33. The van der Waals surface area contributed by atoms with Gasteiger partial charge < -0.3 is 10.3 Å². The van der Waals surface area contributed by atoms with E-state index < -0.39 is 0 Å². The van der Waals surface area contributed by atoms with E-state index in [0.29, 0.717) is 0 Å². The number of hydrogen-bond donors (Lipinski definition) is 2. The van der Waals surface area contributed by atoms with Crippen LogP contribution in [-0.4, -0.2) is 41.0 Å². The topological polar surface area (TPSA) is 61.0 Å². The predicted octanol–water partition coefficient (Wildman–Crippen LogP) is 1.64. The Hall–Kier alpha value is -1.24. The molecule has 0 bridgehead atoms. The SMILES string of the molecule is Cc1sc2nc(CN3CCC4CNCC4C3)[nH]c(=O)c2c1C. The summed E-state index contributed by atoms with van der Waals surface area (Å²) in [6.45, 7) is 9.33. The molecule has 0 aliphatic carbocycles. The van der Waals surface area contributed by atoms with Gasteiger partial charge in [0.05, 0.1) is 11.9 Å². The van der Waals surface area contributed by atoms with Crippen molar-refractivity contribution in [1.29, 1.82) is 0 Å². The van der Waals surface area contributed by atoms with Crippen LogP contribution >= 0.6 is 11.3 Å². The molecule has 5 nitrogen and oxygen atoms in total. The molecule has 2 unspecified atom stereocenters. The predicted molar refractivity (Wildman–Crippen MR) is 89.5 cm³/mol. The number of aromatic amines is 1. The van der Waals surface area contributed by atoms with Gasteiger partial charge in [0.25, 0.3) is 5.56 Å². The second kappa shape index (κ2) is 5.44. The summed E-state index contributed by atoms with van der Waals surface area (Å²) < 4.78 is 0. The standard InChI is InChI=1S/C16H22N4OS/c1-9-10(2)22-16-14(9)15(21)18-13(19-16)8-20-4-3-11-5-17-6-12(11)7-20/h11-12,17H,3-8H2,1-2H3,(H,18,19,21). The maximum absolute atomic E-state index is 12.3. The van der Waals surface area contributed by atoms with Gasteiger partial charge in [-0.15, -0.1) is 11.3 Å². The first-order valence-corrected chi connectivity index (χ1v) is 8.85. The van der Waals surface area contributed by atoms with Gasteiger partial charge in [0.2, 0.25) is 0 Å². The zero-order chi connectivity index (χ0) is 15.3. The molecule has 2 aromatic heterocycles. The van der Waals surface area contributed by atoms with Crippen molar-refractivity contribution < 1.29 is 0 Å². The van der Waals surface area contributed by atoms with Gasteiger partial charge in [0, 0.05) is 11.4 Å². The van der Waals surface area contributed by atoms with Crippen LogP contribution in [0.25, 0.3) is 10.2 Å². The smallest absolute Gasteiger partial charge is 0.259 e. The fourth-order valence-electron chi connectivity index (χ4n) is 3.84. The lowest BCUT2D eigenvalue weighted by Crippen LogP contribution is -2.40. The Bertz CT molecular complexity index is 765. The third-order valence-corrected chi connectivity index (χ3v) is 6.35. The van der Waals surface area contributed by atoms with E-state index in [1.807, 2.05) is 6.92 Å². The average Bonchev–Trinajstić information content (AvgIpc) is 3.04. The van der Waals surface area contributed by atoms with Crippen molar-refractivity contribution >= 4 is 21.6 Å². The highest BCUT2D eigenvalue weighted by Crippen LogP contribution is 2.28. The van der Waals surface area contributed by atoms with Crippen LogP contribution in [0.4, 0.5) is 0 Å². The van der Waals surface area contributed by atoms with E-state index in [9.17, 15) is 4.79 Å². The molecule has 2 fully saturated rings. The summed E-state index contributed by atoms with van der Waals surface area (Å²) in [6, 6.07) is 0. The first kappa shape index (κ1) is 14.4. The van der Waals surface area contributed by atoms with Crippen molar-refractivity contribution in [2.45, 2.75) is 26.8 Å². The monoisotopic (exact) mass is 318 g/mol. The minimum Gasteiger partial charge on any atom is -0.316 e. The van der Waals surface area contributed by atoms with Gasteiger partial charge in [-0.3, -0.25) is 9.69 Å². The maximum atomic E-state index is 12.3. The molecule has 0 spiro atoms. The van der Waals surface area contributed by atoms with Crippen molar-refractivity contribution in [2.24, 2.45) is 11.8 Å². The van der Waals surface area contributed by atoms with Gasteiger partial charge in [-0.2, -0.15) is 0 Å². The number of aryl methyl sites for hydroxylation is 2. The fourth-order valence-corrected chi connectivity index (χ4v) is 4.89. The summed E-state index contributed by atoms with van der Waals surface area (Å²) in [5, 5.41) is 4.26. The van der Waals surface area contributed by atoms with Gasteiger partial charge in [0.15, 0.2) is 0 Å². The van der Waals surface area contributed by atoms with Crippen LogP contribution in [-0.2, 0) is 6.54 Å². The molecular weight excluding hydrogens is 296 g/mol. The molecule has 2 saturated heterocycles. The highest BCUT2D eigenvalue weighted by molar-refractivity contribution is 7.18. The molecule has 2 aromatic rings. The Morgan fingerprint density at radius 3 is 3.00 bits per heavy atom. The molecule has 6 heteroatoms. The molecule has 2 aliphatic heterocycles. The lowest BCUT2D eigenvalue weighted by molar-refractivity contribution is 0.139. The van der Waals surface area contributed by atoms with Crippen LogP contribution < -0.4 is 10.9 Å². The zero-order valence-corrected chi connectivity index (χ0v) is 13.9. The van der Waals surface area contributed by atoms with Crippen molar-refractivity contribution in [3.63, 3.8) is 0 Å². The van der Waals surface area contributed by atoms with Crippen molar-refractivity contribution in [3.8, 4) is 0 Å². The first-order chi connectivity index (χ1) is 10.6. The van der Waals surface area contributed by atoms with E-state index in [1.165, 1.54) is 17.8 Å². The molecule has 0 radical (unpaired) electrons. The maximum Gasteiger partial charge on any atom is 0.259 e. The number of fused-ring (bicyclic) bond motifs is 2. The molecule has 0 saturated carbocycles. The largest absolute Gasteiger partial charge is 0.316 e. The summed E-state index contributed by atoms with van der Waals surface area (Å²) in [4.78, 5) is 24.5. The number of nitrogens with zero attached hydrogens (tertiary/aromatic N) is 2. The molecule has 2 N–H and O–H groups in total. The van der Waals surface area contributed by atoms with Crippen LogP contribution in [0.5, 0.6) is 0 Å². The van der Waals surface area contributed by atoms with Crippen molar-refractivity contribution in [3.05, 3.63) is 26.6 Å². The fraction of sp³-hybridized carbons (Fsp3) is 0.625. The Morgan fingerprint density at radius 1 is 1.32 bits per heavy atom. The molecule has 4 heterocycles. The van der Waals surface area contributed by atoms with Gasteiger partial charge in [-0.1, -0.05) is 0 Å². The summed E-state index contributed by atoms with van der Waals surface area (Å²) >= 11 is 1.62. The van der Waals surface area contributed by atoms with E-state index >= 15 is 0 Å².